The van der Waals surface area contributed by atoms with Crippen LogP contribution in [-0.2, 0) is 6.54 Å². The third kappa shape index (κ3) is 3.00. The summed E-state index contributed by atoms with van der Waals surface area (Å²) in [7, 11) is 0. The minimum Gasteiger partial charge on any atom is -0.326 e. The van der Waals surface area contributed by atoms with Crippen LogP contribution in [0.15, 0.2) is 48.5 Å². The summed E-state index contributed by atoms with van der Waals surface area (Å²) in [5.74, 6) is 0. The van der Waals surface area contributed by atoms with Gasteiger partial charge in [0.1, 0.15) is 5.01 Å². The number of nitrogens with zero attached hydrogens (tertiary/aromatic N) is 1. The van der Waals surface area contributed by atoms with E-state index in [-0.39, 0.29) is 0 Å². The summed E-state index contributed by atoms with van der Waals surface area (Å²) in [6.45, 7) is 2.64. The molecule has 21 heavy (non-hydrogen) atoms. The van der Waals surface area contributed by atoms with Crippen LogP contribution in [0.3, 0.4) is 0 Å². The van der Waals surface area contributed by atoms with Gasteiger partial charge in [-0.3, -0.25) is 0 Å². The van der Waals surface area contributed by atoms with Crippen molar-refractivity contribution in [1.29, 1.82) is 0 Å². The molecule has 0 spiro atoms. The van der Waals surface area contributed by atoms with Gasteiger partial charge in [0.25, 0.3) is 0 Å². The Morgan fingerprint density at radius 3 is 2.57 bits per heavy atom. The lowest BCUT2D eigenvalue weighted by atomic mass is 10.1. The van der Waals surface area contributed by atoms with E-state index in [2.05, 4.69) is 19.1 Å². The van der Waals surface area contributed by atoms with Crippen LogP contribution in [-0.4, -0.2) is 4.98 Å². The molecule has 0 atom stereocenters. The predicted octanol–water partition coefficient (Wildman–Crippen LogP) is 4.90. The lowest BCUT2D eigenvalue weighted by Crippen LogP contribution is -1.95. The van der Waals surface area contributed by atoms with E-state index in [1.54, 1.807) is 11.3 Å². The van der Waals surface area contributed by atoms with Gasteiger partial charge < -0.3 is 5.73 Å². The fraction of sp³-hybridized carbons (Fsp3) is 0.118. The molecule has 0 aliphatic heterocycles. The zero-order valence-electron chi connectivity index (χ0n) is 11.6. The van der Waals surface area contributed by atoms with Crippen molar-refractivity contribution in [3.8, 4) is 21.8 Å². The Morgan fingerprint density at radius 2 is 1.86 bits per heavy atom. The third-order valence-electron chi connectivity index (χ3n) is 3.32. The van der Waals surface area contributed by atoms with Crippen molar-refractivity contribution in [2.45, 2.75) is 13.5 Å². The van der Waals surface area contributed by atoms with Crippen LogP contribution in [0.5, 0.6) is 0 Å². The van der Waals surface area contributed by atoms with E-state index in [4.69, 9.17) is 22.3 Å². The number of rotatable bonds is 3. The SMILES string of the molecule is Cc1sc(-c2cccc(CN)c2)nc1-c1ccc(Cl)cc1. The number of hydrogen-bond acceptors (Lipinski definition) is 3. The van der Waals surface area contributed by atoms with Gasteiger partial charge in [0.15, 0.2) is 0 Å². The molecule has 0 fully saturated rings. The smallest absolute Gasteiger partial charge is 0.124 e. The molecule has 0 aliphatic carbocycles. The second kappa shape index (κ2) is 5.98. The summed E-state index contributed by atoms with van der Waals surface area (Å²) in [5, 5.41) is 1.76. The Morgan fingerprint density at radius 1 is 1.10 bits per heavy atom. The first kappa shape index (κ1) is 14.3. The van der Waals surface area contributed by atoms with Gasteiger partial charge in [-0.1, -0.05) is 41.9 Å². The molecule has 0 aliphatic rings. The van der Waals surface area contributed by atoms with Gasteiger partial charge in [0.05, 0.1) is 5.69 Å². The van der Waals surface area contributed by atoms with Crippen LogP contribution in [0, 0.1) is 6.92 Å². The average molecular weight is 315 g/mol. The molecular formula is C17H15ClN2S. The summed E-state index contributed by atoms with van der Waals surface area (Å²) in [6.07, 6.45) is 0. The number of halogens is 1. The van der Waals surface area contributed by atoms with Gasteiger partial charge in [-0.15, -0.1) is 11.3 Å². The van der Waals surface area contributed by atoms with E-state index in [9.17, 15) is 0 Å². The second-order valence-electron chi connectivity index (χ2n) is 4.84. The maximum atomic E-state index is 5.94. The van der Waals surface area contributed by atoms with Crippen molar-refractivity contribution >= 4 is 22.9 Å². The molecule has 0 saturated carbocycles. The summed E-state index contributed by atoms with van der Waals surface area (Å²) in [6, 6.07) is 16.0. The number of nitrogens with two attached hydrogens (primary N) is 1. The average Bonchev–Trinajstić information content (AvgIpc) is 2.90. The quantitative estimate of drug-likeness (QED) is 0.747. The van der Waals surface area contributed by atoms with Crippen molar-refractivity contribution in [3.05, 3.63) is 64.0 Å². The van der Waals surface area contributed by atoms with Gasteiger partial charge in [-0.25, -0.2) is 4.98 Å². The van der Waals surface area contributed by atoms with Crippen LogP contribution in [0.1, 0.15) is 10.4 Å². The maximum absolute atomic E-state index is 5.94. The number of hydrogen-bond donors (Lipinski definition) is 1. The Labute approximate surface area is 133 Å². The van der Waals surface area contributed by atoms with E-state index in [1.807, 2.05) is 36.4 Å². The lowest BCUT2D eigenvalue weighted by molar-refractivity contribution is 1.07. The van der Waals surface area contributed by atoms with Gasteiger partial charge in [0.2, 0.25) is 0 Å². The highest BCUT2D eigenvalue weighted by Gasteiger charge is 2.11. The molecule has 0 unspecified atom stereocenters. The molecule has 3 rings (SSSR count). The predicted molar refractivity (Wildman–Crippen MR) is 90.6 cm³/mol. The van der Waals surface area contributed by atoms with E-state index >= 15 is 0 Å². The largest absolute Gasteiger partial charge is 0.326 e. The van der Waals surface area contributed by atoms with Gasteiger partial charge in [0, 0.05) is 27.6 Å². The van der Waals surface area contributed by atoms with E-state index in [1.165, 1.54) is 4.88 Å². The first-order valence-corrected chi connectivity index (χ1v) is 7.89. The highest BCUT2D eigenvalue weighted by atomic mass is 35.5. The van der Waals surface area contributed by atoms with Crippen molar-refractivity contribution in [2.24, 2.45) is 5.73 Å². The number of aromatic nitrogens is 1. The fourth-order valence-corrected chi connectivity index (χ4v) is 3.28. The van der Waals surface area contributed by atoms with Gasteiger partial charge >= 0.3 is 0 Å². The molecule has 3 aromatic rings. The summed E-state index contributed by atoms with van der Waals surface area (Å²) in [4.78, 5) is 5.99. The second-order valence-corrected chi connectivity index (χ2v) is 6.47. The highest BCUT2D eigenvalue weighted by Crippen LogP contribution is 2.33. The number of thiazole rings is 1. The normalized spacial score (nSPS) is 10.8. The van der Waals surface area contributed by atoms with Crippen LogP contribution < -0.4 is 5.73 Å². The minimum atomic E-state index is 0.544. The molecular weight excluding hydrogens is 300 g/mol. The van der Waals surface area contributed by atoms with Crippen molar-refractivity contribution in [2.75, 3.05) is 0 Å². The molecule has 2 nitrogen and oxygen atoms in total. The summed E-state index contributed by atoms with van der Waals surface area (Å²) in [5.41, 5.74) is 10.1. The Kier molecular flexibility index (Phi) is 4.06. The molecule has 0 bridgehead atoms. The van der Waals surface area contributed by atoms with E-state index < -0.39 is 0 Å². The van der Waals surface area contributed by atoms with Crippen molar-refractivity contribution in [1.82, 2.24) is 4.98 Å². The Hall–Kier alpha value is -1.68. The topological polar surface area (TPSA) is 38.9 Å². The first-order chi connectivity index (χ1) is 10.2. The van der Waals surface area contributed by atoms with Crippen molar-refractivity contribution < 1.29 is 0 Å². The lowest BCUT2D eigenvalue weighted by Gasteiger charge is -2.00. The van der Waals surface area contributed by atoms with Crippen LogP contribution in [0.25, 0.3) is 21.8 Å². The van der Waals surface area contributed by atoms with Gasteiger partial charge in [-0.2, -0.15) is 0 Å². The zero-order chi connectivity index (χ0) is 14.8. The molecule has 4 heteroatoms. The van der Waals surface area contributed by atoms with E-state index in [0.717, 1.165) is 32.4 Å². The molecule has 2 N–H and O–H groups in total. The van der Waals surface area contributed by atoms with E-state index in [0.29, 0.717) is 6.54 Å². The number of benzene rings is 2. The molecule has 1 aromatic heterocycles. The molecule has 0 amide bonds. The maximum Gasteiger partial charge on any atom is 0.124 e. The van der Waals surface area contributed by atoms with Gasteiger partial charge in [-0.05, 0) is 30.7 Å². The Bertz CT molecular complexity index is 763. The molecule has 106 valence electrons. The third-order valence-corrected chi connectivity index (χ3v) is 4.60. The molecule has 0 saturated heterocycles. The van der Waals surface area contributed by atoms with Crippen molar-refractivity contribution in [3.63, 3.8) is 0 Å². The van der Waals surface area contributed by atoms with Crippen LogP contribution >= 0.6 is 22.9 Å². The Balaban J connectivity index is 2.02. The molecule has 0 radical (unpaired) electrons. The number of aryl methyl sites for hydroxylation is 1. The highest BCUT2D eigenvalue weighted by molar-refractivity contribution is 7.15. The summed E-state index contributed by atoms with van der Waals surface area (Å²) >= 11 is 7.64. The molecule has 2 aromatic carbocycles. The van der Waals surface area contributed by atoms with Crippen LogP contribution in [0.2, 0.25) is 5.02 Å². The summed E-state index contributed by atoms with van der Waals surface area (Å²) < 4.78 is 0. The first-order valence-electron chi connectivity index (χ1n) is 6.70. The zero-order valence-corrected chi connectivity index (χ0v) is 13.2. The van der Waals surface area contributed by atoms with Crippen LogP contribution in [0.4, 0.5) is 0 Å². The molecule has 1 heterocycles. The monoisotopic (exact) mass is 314 g/mol. The fourth-order valence-electron chi connectivity index (χ4n) is 2.23. The minimum absolute atomic E-state index is 0.544. The standard InChI is InChI=1S/C17H15ClN2S/c1-11-16(13-5-7-15(18)8-6-13)20-17(21-11)14-4-2-3-12(9-14)10-19/h2-9H,10,19H2,1H3.